The molecule has 1 amide bonds. The number of carbonyl (C=O) groups is 1. The molecule has 1 saturated carbocycles. The van der Waals surface area contributed by atoms with Crippen molar-refractivity contribution in [3.05, 3.63) is 22.8 Å². The lowest BCUT2D eigenvalue weighted by molar-refractivity contribution is -0.0399. The van der Waals surface area contributed by atoms with Crippen molar-refractivity contribution >= 4 is 27.6 Å². The van der Waals surface area contributed by atoms with E-state index in [1.807, 2.05) is 6.07 Å². The minimum absolute atomic E-state index is 0.167. The predicted molar refractivity (Wildman–Crippen MR) is 102 cm³/mol. The minimum Gasteiger partial charge on any atom is -0.348 e. The minimum atomic E-state index is -2.59. The van der Waals surface area contributed by atoms with Gasteiger partial charge in [-0.3, -0.25) is 4.79 Å². The number of piperidine rings is 1. The Morgan fingerprint density at radius 3 is 2.59 bits per heavy atom. The van der Waals surface area contributed by atoms with Crippen LogP contribution < -0.4 is 5.32 Å². The maximum absolute atomic E-state index is 13.3. The summed E-state index contributed by atoms with van der Waals surface area (Å²) in [7, 11) is 2.13. The Hall–Kier alpha value is -1.67. The van der Waals surface area contributed by atoms with Gasteiger partial charge >= 0.3 is 0 Å². The standard InChI is InChI=1S/C19H24F2N4OS/c1-25-10-6-12(7-11-25)17-24-15-3-2-14(23-18(15)27-17)16(26)22-13-4-8-19(20,21)9-5-13/h2-3,12-13H,4-11H2,1H3,(H,22,26). The topological polar surface area (TPSA) is 58.1 Å². The highest BCUT2D eigenvalue weighted by molar-refractivity contribution is 7.18. The molecule has 1 aliphatic carbocycles. The van der Waals surface area contributed by atoms with Gasteiger partial charge in [-0.25, -0.2) is 18.7 Å². The molecule has 27 heavy (non-hydrogen) atoms. The summed E-state index contributed by atoms with van der Waals surface area (Å²) in [4.78, 5) is 24.8. The lowest BCUT2D eigenvalue weighted by Crippen LogP contribution is -2.40. The first-order valence-corrected chi connectivity index (χ1v) is 10.4. The molecule has 146 valence electrons. The summed E-state index contributed by atoms with van der Waals surface area (Å²) in [5.41, 5.74) is 1.15. The van der Waals surface area contributed by atoms with Crippen LogP contribution in [0.4, 0.5) is 8.78 Å². The molecule has 2 aromatic heterocycles. The first kappa shape index (κ1) is 18.7. The van der Waals surface area contributed by atoms with E-state index < -0.39 is 5.92 Å². The van der Waals surface area contributed by atoms with Crippen molar-refractivity contribution in [2.45, 2.75) is 56.4 Å². The molecule has 0 atom stereocenters. The van der Waals surface area contributed by atoms with Crippen LogP contribution in [0.15, 0.2) is 12.1 Å². The Balaban J connectivity index is 1.44. The molecule has 0 radical (unpaired) electrons. The molecule has 2 aliphatic rings. The summed E-state index contributed by atoms with van der Waals surface area (Å²) in [5, 5.41) is 3.95. The third-order valence-corrected chi connectivity index (χ3v) is 6.75. The van der Waals surface area contributed by atoms with Gasteiger partial charge in [0.1, 0.15) is 16.0 Å². The summed E-state index contributed by atoms with van der Waals surface area (Å²) in [6, 6.07) is 3.31. The molecule has 8 heteroatoms. The molecule has 4 rings (SSSR count). The fraction of sp³-hybridized carbons (Fsp3) is 0.632. The average Bonchev–Trinajstić information content (AvgIpc) is 3.07. The van der Waals surface area contributed by atoms with Gasteiger partial charge in [-0.1, -0.05) is 11.3 Å². The highest BCUT2D eigenvalue weighted by atomic mass is 32.1. The third kappa shape index (κ3) is 4.27. The summed E-state index contributed by atoms with van der Waals surface area (Å²) >= 11 is 1.56. The fourth-order valence-electron chi connectivity index (χ4n) is 3.83. The number of thiazole rings is 1. The van der Waals surface area contributed by atoms with Crippen LogP contribution in [0.3, 0.4) is 0 Å². The highest BCUT2D eigenvalue weighted by Crippen LogP contribution is 2.34. The zero-order chi connectivity index (χ0) is 19.0. The Kier molecular flexibility index (Phi) is 5.11. The maximum atomic E-state index is 13.3. The van der Waals surface area contributed by atoms with E-state index >= 15 is 0 Å². The monoisotopic (exact) mass is 394 g/mol. The smallest absolute Gasteiger partial charge is 0.270 e. The quantitative estimate of drug-likeness (QED) is 0.860. The summed E-state index contributed by atoms with van der Waals surface area (Å²) < 4.78 is 26.5. The van der Waals surface area contributed by atoms with Crippen molar-refractivity contribution in [2.24, 2.45) is 0 Å². The Bertz CT molecular complexity index is 822. The molecule has 0 aromatic carbocycles. The number of aromatic nitrogens is 2. The van der Waals surface area contributed by atoms with Crippen LogP contribution in [-0.4, -0.2) is 52.9 Å². The molecule has 5 nitrogen and oxygen atoms in total. The van der Waals surface area contributed by atoms with Gasteiger partial charge in [0.2, 0.25) is 5.92 Å². The van der Waals surface area contributed by atoms with E-state index in [0.29, 0.717) is 24.5 Å². The average molecular weight is 394 g/mol. The normalized spacial score (nSPS) is 22.2. The lowest BCUT2D eigenvalue weighted by atomic mass is 9.92. The van der Waals surface area contributed by atoms with E-state index in [4.69, 9.17) is 4.98 Å². The second-order valence-corrected chi connectivity index (χ2v) is 8.76. The molecule has 0 spiro atoms. The van der Waals surface area contributed by atoms with Gasteiger partial charge in [-0.15, -0.1) is 0 Å². The lowest BCUT2D eigenvalue weighted by Gasteiger charge is -2.28. The largest absolute Gasteiger partial charge is 0.348 e. The number of carbonyl (C=O) groups excluding carboxylic acids is 1. The molecule has 1 saturated heterocycles. The van der Waals surface area contributed by atoms with Crippen LogP contribution in [0, 0.1) is 0 Å². The van der Waals surface area contributed by atoms with Gasteiger partial charge in [0.05, 0.1) is 5.01 Å². The fourth-order valence-corrected chi connectivity index (χ4v) is 4.94. The number of halogens is 2. The van der Waals surface area contributed by atoms with Crippen molar-refractivity contribution in [3.63, 3.8) is 0 Å². The molecular formula is C19H24F2N4OS. The van der Waals surface area contributed by atoms with Crippen molar-refractivity contribution in [3.8, 4) is 0 Å². The van der Waals surface area contributed by atoms with Crippen LogP contribution >= 0.6 is 11.3 Å². The van der Waals surface area contributed by atoms with Gasteiger partial charge in [-0.05, 0) is 58.0 Å². The van der Waals surface area contributed by atoms with Gasteiger partial charge < -0.3 is 10.2 Å². The second kappa shape index (κ2) is 7.39. The molecule has 1 aliphatic heterocycles. The van der Waals surface area contributed by atoms with Crippen molar-refractivity contribution in [1.82, 2.24) is 20.2 Å². The number of alkyl halides is 2. The third-order valence-electron chi connectivity index (χ3n) is 5.62. The molecule has 0 unspecified atom stereocenters. The number of nitrogens with zero attached hydrogens (tertiary/aromatic N) is 3. The molecule has 2 fully saturated rings. The van der Waals surface area contributed by atoms with E-state index in [1.165, 1.54) is 0 Å². The number of hydrogen-bond acceptors (Lipinski definition) is 5. The first-order valence-electron chi connectivity index (χ1n) is 9.54. The van der Waals surface area contributed by atoms with Crippen LogP contribution in [0.1, 0.15) is 59.9 Å². The molecule has 2 aromatic rings. The molecule has 1 N–H and O–H groups in total. The van der Waals surface area contributed by atoms with E-state index in [0.717, 1.165) is 41.3 Å². The van der Waals surface area contributed by atoms with E-state index in [1.54, 1.807) is 17.4 Å². The van der Waals surface area contributed by atoms with E-state index in [-0.39, 0.29) is 24.8 Å². The number of nitrogens with one attached hydrogen (secondary N) is 1. The van der Waals surface area contributed by atoms with Gasteiger partial charge in [-0.2, -0.15) is 0 Å². The maximum Gasteiger partial charge on any atom is 0.270 e. The molecular weight excluding hydrogens is 370 g/mol. The zero-order valence-corrected chi connectivity index (χ0v) is 16.2. The second-order valence-electron chi connectivity index (χ2n) is 7.75. The Morgan fingerprint density at radius 1 is 1.19 bits per heavy atom. The summed E-state index contributed by atoms with van der Waals surface area (Å²) in [5.74, 6) is -2.42. The first-order chi connectivity index (χ1) is 12.9. The van der Waals surface area contributed by atoms with Crippen molar-refractivity contribution in [1.29, 1.82) is 0 Å². The van der Waals surface area contributed by atoms with Gasteiger partial charge in [0.15, 0.2) is 0 Å². The zero-order valence-electron chi connectivity index (χ0n) is 15.4. The van der Waals surface area contributed by atoms with Gasteiger partial charge in [0, 0.05) is 24.8 Å². The molecule has 0 bridgehead atoms. The summed E-state index contributed by atoms with van der Waals surface area (Å²) in [6.07, 6.45) is 2.47. The number of rotatable bonds is 3. The Labute approximate surface area is 161 Å². The number of amides is 1. The van der Waals surface area contributed by atoms with Crippen LogP contribution in [0.25, 0.3) is 10.3 Å². The summed E-state index contributed by atoms with van der Waals surface area (Å²) in [6.45, 7) is 2.14. The van der Waals surface area contributed by atoms with Crippen LogP contribution in [0.5, 0.6) is 0 Å². The van der Waals surface area contributed by atoms with Crippen molar-refractivity contribution < 1.29 is 13.6 Å². The van der Waals surface area contributed by atoms with Crippen LogP contribution in [0.2, 0.25) is 0 Å². The SMILES string of the molecule is CN1CCC(c2nc3ccc(C(=O)NC4CCC(F)(F)CC4)nc3s2)CC1. The van der Waals surface area contributed by atoms with E-state index in [9.17, 15) is 13.6 Å². The number of pyridine rings is 1. The van der Waals surface area contributed by atoms with E-state index in [2.05, 4.69) is 22.2 Å². The molecule has 3 heterocycles. The predicted octanol–water partition coefficient (Wildman–Crippen LogP) is 3.81. The highest BCUT2D eigenvalue weighted by Gasteiger charge is 2.35. The number of hydrogen-bond donors (Lipinski definition) is 1. The number of fused-ring (bicyclic) bond motifs is 1. The van der Waals surface area contributed by atoms with Gasteiger partial charge in [0.25, 0.3) is 5.91 Å². The van der Waals surface area contributed by atoms with Crippen LogP contribution in [-0.2, 0) is 0 Å². The number of likely N-dealkylation sites (tertiary alicyclic amines) is 1. The Morgan fingerprint density at radius 2 is 1.89 bits per heavy atom. The van der Waals surface area contributed by atoms with Crippen molar-refractivity contribution in [2.75, 3.05) is 20.1 Å².